The van der Waals surface area contributed by atoms with Crippen molar-refractivity contribution in [3.05, 3.63) is 11.6 Å². The van der Waals surface area contributed by atoms with Crippen molar-refractivity contribution in [3.63, 3.8) is 0 Å². The number of aliphatic carboxylic acids is 1. The lowest BCUT2D eigenvalue weighted by Crippen LogP contribution is -2.27. The van der Waals surface area contributed by atoms with Crippen LogP contribution < -0.4 is 0 Å². The lowest BCUT2D eigenvalue weighted by Gasteiger charge is -2.27. The van der Waals surface area contributed by atoms with Gasteiger partial charge in [-0.2, -0.15) is 5.10 Å². The number of rotatable bonds is 2. The van der Waals surface area contributed by atoms with Crippen LogP contribution in [0.1, 0.15) is 64.0 Å². The van der Waals surface area contributed by atoms with E-state index in [-0.39, 0.29) is 17.3 Å². The summed E-state index contributed by atoms with van der Waals surface area (Å²) in [5.41, 5.74) is -0.108. The molecule has 1 saturated carbocycles. The largest absolute Gasteiger partial charge is 0.481 e. The molecule has 0 amide bonds. The fourth-order valence-corrected chi connectivity index (χ4v) is 2.77. The van der Waals surface area contributed by atoms with Crippen LogP contribution in [0.15, 0.2) is 0 Å². The van der Waals surface area contributed by atoms with E-state index in [0.29, 0.717) is 0 Å². The number of carbonyl (C=O) groups is 1. The molecule has 0 saturated heterocycles. The van der Waals surface area contributed by atoms with Crippen molar-refractivity contribution in [1.29, 1.82) is 0 Å². The molecule has 0 aromatic carbocycles. The Morgan fingerprint density at radius 3 is 2.47 bits per heavy atom. The molecular formula is C14H23N3O2. The SMILES string of the molecule is Cn1nc(C(C)(C)C)nc1C1CCCCC1C(=O)O. The van der Waals surface area contributed by atoms with Crippen molar-refractivity contribution < 1.29 is 9.90 Å². The first kappa shape index (κ1) is 14.0. The van der Waals surface area contributed by atoms with Crippen LogP contribution in [-0.2, 0) is 17.3 Å². The molecule has 5 heteroatoms. The molecule has 1 aliphatic rings. The molecule has 0 radical (unpaired) electrons. The van der Waals surface area contributed by atoms with Crippen molar-refractivity contribution in [2.45, 2.75) is 57.8 Å². The Hall–Kier alpha value is -1.39. The van der Waals surface area contributed by atoms with Gasteiger partial charge in [-0.25, -0.2) is 4.98 Å². The van der Waals surface area contributed by atoms with E-state index < -0.39 is 5.97 Å². The number of hydrogen-bond acceptors (Lipinski definition) is 3. The second-order valence-electron chi connectivity index (χ2n) is 6.50. The third kappa shape index (κ3) is 2.80. The summed E-state index contributed by atoms with van der Waals surface area (Å²) in [4.78, 5) is 16.0. The highest BCUT2D eigenvalue weighted by atomic mass is 16.4. The third-order valence-electron chi connectivity index (χ3n) is 3.88. The van der Waals surface area contributed by atoms with Gasteiger partial charge in [0.2, 0.25) is 0 Å². The topological polar surface area (TPSA) is 68.0 Å². The Balaban J connectivity index is 2.34. The summed E-state index contributed by atoms with van der Waals surface area (Å²) >= 11 is 0. The summed E-state index contributed by atoms with van der Waals surface area (Å²) in [6.45, 7) is 6.21. The van der Waals surface area contributed by atoms with E-state index in [1.165, 1.54) is 0 Å². The summed E-state index contributed by atoms with van der Waals surface area (Å²) in [5, 5.41) is 13.8. The molecule has 2 rings (SSSR count). The van der Waals surface area contributed by atoms with Gasteiger partial charge in [0, 0.05) is 18.4 Å². The molecule has 1 aromatic heterocycles. The maximum absolute atomic E-state index is 11.4. The highest BCUT2D eigenvalue weighted by Crippen LogP contribution is 2.37. The van der Waals surface area contributed by atoms with Crippen LogP contribution >= 0.6 is 0 Å². The lowest BCUT2D eigenvalue weighted by atomic mass is 9.78. The number of aryl methyl sites for hydroxylation is 1. The van der Waals surface area contributed by atoms with Crippen molar-refractivity contribution in [2.24, 2.45) is 13.0 Å². The van der Waals surface area contributed by atoms with Crippen LogP contribution in [-0.4, -0.2) is 25.8 Å². The summed E-state index contributed by atoms with van der Waals surface area (Å²) < 4.78 is 1.77. The van der Waals surface area contributed by atoms with Gasteiger partial charge in [0.25, 0.3) is 0 Å². The van der Waals surface area contributed by atoms with Crippen LogP contribution in [0.5, 0.6) is 0 Å². The molecule has 1 heterocycles. The zero-order chi connectivity index (χ0) is 14.2. The molecule has 0 spiro atoms. The Kier molecular flexibility index (Phi) is 3.65. The molecule has 19 heavy (non-hydrogen) atoms. The van der Waals surface area contributed by atoms with E-state index in [9.17, 15) is 9.90 Å². The van der Waals surface area contributed by atoms with Crippen molar-refractivity contribution in [3.8, 4) is 0 Å². The zero-order valence-electron chi connectivity index (χ0n) is 12.2. The molecule has 1 N–H and O–H groups in total. The first-order chi connectivity index (χ1) is 8.80. The maximum Gasteiger partial charge on any atom is 0.307 e. The minimum atomic E-state index is -0.704. The molecule has 5 nitrogen and oxygen atoms in total. The first-order valence-electron chi connectivity index (χ1n) is 6.95. The third-order valence-corrected chi connectivity index (χ3v) is 3.88. The second-order valence-corrected chi connectivity index (χ2v) is 6.50. The monoisotopic (exact) mass is 265 g/mol. The average molecular weight is 265 g/mol. The van der Waals surface area contributed by atoms with Crippen LogP contribution in [0.2, 0.25) is 0 Å². The van der Waals surface area contributed by atoms with Gasteiger partial charge in [0.05, 0.1) is 5.92 Å². The highest BCUT2D eigenvalue weighted by Gasteiger charge is 2.35. The summed E-state index contributed by atoms with van der Waals surface area (Å²) in [5.74, 6) is 0.603. The maximum atomic E-state index is 11.4. The van der Waals surface area contributed by atoms with Gasteiger partial charge in [-0.15, -0.1) is 0 Å². The Bertz CT molecular complexity index is 474. The fraction of sp³-hybridized carbons (Fsp3) is 0.786. The Morgan fingerprint density at radius 1 is 1.32 bits per heavy atom. The normalized spacial score (nSPS) is 24.4. The van der Waals surface area contributed by atoms with Crippen molar-refractivity contribution >= 4 is 5.97 Å². The molecule has 2 atom stereocenters. The molecule has 1 fully saturated rings. The van der Waals surface area contributed by atoms with E-state index in [1.54, 1.807) is 4.68 Å². The number of carboxylic acid groups (broad SMARTS) is 1. The fourth-order valence-electron chi connectivity index (χ4n) is 2.77. The van der Waals surface area contributed by atoms with Crippen molar-refractivity contribution in [2.75, 3.05) is 0 Å². The predicted octanol–water partition coefficient (Wildman–Crippen LogP) is 2.47. The van der Waals surface area contributed by atoms with Gasteiger partial charge in [0.1, 0.15) is 5.82 Å². The summed E-state index contributed by atoms with van der Waals surface area (Å²) in [6.07, 6.45) is 3.72. The number of nitrogens with zero attached hydrogens (tertiary/aromatic N) is 3. The van der Waals surface area contributed by atoms with E-state index >= 15 is 0 Å². The van der Waals surface area contributed by atoms with E-state index in [0.717, 1.165) is 37.3 Å². The first-order valence-corrected chi connectivity index (χ1v) is 6.95. The number of aromatic nitrogens is 3. The van der Waals surface area contributed by atoms with Gasteiger partial charge in [-0.05, 0) is 12.8 Å². The highest BCUT2D eigenvalue weighted by molar-refractivity contribution is 5.71. The van der Waals surface area contributed by atoms with Crippen LogP contribution in [0, 0.1) is 5.92 Å². The molecule has 1 aromatic rings. The lowest BCUT2D eigenvalue weighted by molar-refractivity contribution is -0.143. The molecule has 1 aliphatic carbocycles. The molecule has 0 bridgehead atoms. The second kappa shape index (κ2) is 4.94. The minimum absolute atomic E-state index is 0.000139. The van der Waals surface area contributed by atoms with Crippen LogP contribution in [0.4, 0.5) is 0 Å². The van der Waals surface area contributed by atoms with Gasteiger partial charge in [-0.1, -0.05) is 33.6 Å². The predicted molar refractivity (Wildman–Crippen MR) is 72.0 cm³/mol. The van der Waals surface area contributed by atoms with E-state index in [4.69, 9.17) is 0 Å². The number of hydrogen-bond donors (Lipinski definition) is 1. The van der Waals surface area contributed by atoms with Crippen molar-refractivity contribution in [1.82, 2.24) is 14.8 Å². The molecular weight excluding hydrogens is 242 g/mol. The minimum Gasteiger partial charge on any atom is -0.481 e. The summed E-state index contributed by atoms with van der Waals surface area (Å²) in [7, 11) is 1.87. The standard InChI is InChI=1S/C14H23N3O2/c1-14(2,3)13-15-11(17(4)16-13)9-7-5-6-8-10(9)12(18)19/h9-10H,5-8H2,1-4H3,(H,18,19). The molecule has 0 aliphatic heterocycles. The Morgan fingerprint density at radius 2 is 1.95 bits per heavy atom. The van der Waals surface area contributed by atoms with Gasteiger partial charge < -0.3 is 5.11 Å². The average Bonchev–Trinajstić information content (AvgIpc) is 2.71. The van der Waals surface area contributed by atoms with Gasteiger partial charge in [-0.3, -0.25) is 9.48 Å². The zero-order valence-corrected chi connectivity index (χ0v) is 12.2. The van der Waals surface area contributed by atoms with Crippen LogP contribution in [0.3, 0.4) is 0 Å². The molecule has 106 valence electrons. The summed E-state index contributed by atoms with van der Waals surface area (Å²) in [6, 6.07) is 0. The van der Waals surface area contributed by atoms with Crippen LogP contribution in [0.25, 0.3) is 0 Å². The Labute approximate surface area is 114 Å². The smallest absolute Gasteiger partial charge is 0.307 e. The molecule has 2 unspecified atom stereocenters. The van der Waals surface area contributed by atoms with E-state index in [1.807, 2.05) is 7.05 Å². The van der Waals surface area contributed by atoms with Gasteiger partial charge >= 0.3 is 5.97 Å². The van der Waals surface area contributed by atoms with E-state index in [2.05, 4.69) is 30.9 Å². The van der Waals surface area contributed by atoms with Gasteiger partial charge in [0.15, 0.2) is 5.82 Å². The number of carboxylic acids is 1. The quantitative estimate of drug-likeness (QED) is 0.892.